The van der Waals surface area contributed by atoms with Crippen LogP contribution in [0, 0.1) is 0 Å². The van der Waals surface area contributed by atoms with E-state index in [4.69, 9.17) is 5.11 Å². The minimum atomic E-state index is -1.74. The van der Waals surface area contributed by atoms with Gasteiger partial charge >= 0.3 is 5.97 Å². The first-order chi connectivity index (χ1) is 7.11. The van der Waals surface area contributed by atoms with Gasteiger partial charge in [0.05, 0.1) is 11.8 Å². The highest BCUT2D eigenvalue weighted by atomic mass is 16.4. The maximum absolute atomic E-state index is 10.5. The van der Waals surface area contributed by atoms with Crippen molar-refractivity contribution in [3.05, 3.63) is 24.0 Å². The zero-order valence-corrected chi connectivity index (χ0v) is 7.51. The summed E-state index contributed by atoms with van der Waals surface area (Å²) in [5, 5.41) is 27.5. The first kappa shape index (κ1) is 9.47. The predicted octanol–water partition coefficient (Wildman–Crippen LogP) is 0.386. The number of carbonyl (C=O) groups is 1. The first-order valence-electron chi connectivity index (χ1n) is 4.17. The third-order valence-electron chi connectivity index (χ3n) is 2.12. The van der Waals surface area contributed by atoms with Crippen molar-refractivity contribution < 1.29 is 20.1 Å². The van der Waals surface area contributed by atoms with Gasteiger partial charge in [0.1, 0.15) is 11.3 Å². The third kappa shape index (κ3) is 1.40. The highest BCUT2D eigenvalue weighted by molar-refractivity contribution is 5.85. The molecule has 1 heterocycles. The molecule has 2 aromatic rings. The number of hydrogen-bond donors (Lipinski definition) is 4. The Morgan fingerprint density at radius 2 is 2.20 bits per heavy atom. The van der Waals surface area contributed by atoms with Crippen LogP contribution in [-0.4, -0.2) is 31.3 Å². The van der Waals surface area contributed by atoms with Crippen LogP contribution in [0.5, 0.6) is 5.75 Å². The Morgan fingerprint density at radius 1 is 1.47 bits per heavy atom. The minimum absolute atomic E-state index is 0.0675. The van der Waals surface area contributed by atoms with Crippen LogP contribution in [0.4, 0.5) is 0 Å². The van der Waals surface area contributed by atoms with Crippen LogP contribution in [-0.2, 0) is 4.79 Å². The number of nitrogens with zero attached hydrogens (tertiary/aromatic N) is 1. The molecule has 0 aliphatic carbocycles. The monoisotopic (exact) mass is 208 g/mol. The average Bonchev–Trinajstić information content (AvgIpc) is 2.66. The van der Waals surface area contributed by atoms with E-state index in [0.29, 0.717) is 5.52 Å². The lowest BCUT2D eigenvalue weighted by Crippen LogP contribution is -2.10. The Kier molecular flexibility index (Phi) is 2.05. The number of aliphatic hydroxyl groups is 1. The van der Waals surface area contributed by atoms with Crippen LogP contribution in [0.2, 0.25) is 0 Å². The zero-order chi connectivity index (χ0) is 11.0. The lowest BCUT2D eigenvalue weighted by atomic mass is 10.1. The van der Waals surface area contributed by atoms with Crippen LogP contribution in [0.25, 0.3) is 11.0 Å². The number of aliphatic carboxylic acids is 1. The third-order valence-corrected chi connectivity index (χ3v) is 2.12. The van der Waals surface area contributed by atoms with Crippen LogP contribution < -0.4 is 0 Å². The smallest absolute Gasteiger partial charge is 0.337 e. The number of carboxylic acids is 1. The molecule has 0 spiro atoms. The molecule has 0 aliphatic rings. The molecule has 4 N–H and O–H groups in total. The van der Waals surface area contributed by atoms with E-state index in [1.165, 1.54) is 12.4 Å². The highest BCUT2D eigenvalue weighted by Gasteiger charge is 2.21. The summed E-state index contributed by atoms with van der Waals surface area (Å²) in [6.07, 6.45) is -0.368. The van der Waals surface area contributed by atoms with Crippen molar-refractivity contribution in [1.29, 1.82) is 0 Å². The fraction of sp³-hybridized carbons (Fsp3) is 0.111. The molecule has 1 aromatic carbocycles. The summed E-state index contributed by atoms with van der Waals surface area (Å²) in [7, 11) is 0. The van der Waals surface area contributed by atoms with Crippen molar-refractivity contribution in [2.24, 2.45) is 0 Å². The summed E-state index contributed by atoms with van der Waals surface area (Å²) in [6, 6.07) is 2.89. The number of nitrogens with one attached hydrogen (secondary N) is 1. The molecular weight excluding hydrogens is 200 g/mol. The summed E-state index contributed by atoms with van der Waals surface area (Å²) in [5.41, 5.74) is 0.753. The number of aliphatic hydroxyl groups excluding tert-OH is 1. The van der Waals surface area contributed by atoms with E-state index in [0.717, 1.165) is 0 Å². The van der Waals surface area contributed by atoms with Crippen LogP contribution in [0.1, 0.15) is 11.7 Å². The van der Waals surface area contributed by atoms with Crippen LogP contribution in [0.3, 0.4) is 0 Å². The van der Waals surface area contributed by atoms with Gasteiger partial charge in [0.2, 0.25) is 0 Å². The number of carboxylic acid groups (broad SMARTS) is 1. The molecule has 15 heavy (non-hydrogen) atoms. The Bertz CT molecular complexity index is 520. The number of aromatic hydroxyl groups is 1. The van der Waals surface area contributed by atoms with Crippen molar-refractivity contribution in [3.8, 4) is 5.75 Å². The molecule has 0 saturated carbocycles. The minimum Gasteiger partial charge on any atom is -0.505 e. The molecule has 1 atom stereocenters. The van der Waals surface area contributed by atoms with E-state index in [1.54, 1.807) is 6.07 Å². The van der Waals surface area contributed by atoms with Crippen molar-refractivity contribution in [3.63, 3.8) is 0 Å². The zero-order valence-electron chi connectivity index (χ0n) is 7.51. The van der Waals surface area contributed by atoms with Gasteiger partial charge in [-0.15, -0.1) is 0 Å². The van der Waals surface area contributed by atoms with Crippen molar-refractivity contribution in [2.45, 2.75) is 6.10 Å². The normalized spacial score (nSPS) is 12.9. The highest BCUT2D eigenvalue weighted by Crippen LogP contribution is 2.30. The van der Waals surface area contributed by atoms with Gasteiger partial charge in [0.15, 0.2) is 6.10 Å². The maximum Gasteiger partial charge on any atom is 0.337 e. The molecule has 0 fully saturated rings. The van der Waals surface area contributed by atoms with Gasteiger partial charge in [-0.25, -0.2) is 9.78 Å². The summed E-state index contributed by atoms with van der Waals surface area (Å²) < 4.78 is 0. The lowest BCUT2D eigenvalue weighted by Gasteiger charge is -2.07. The SMILES string of the molecule is O=C(O)C(O)c1ccc2[nH]cnc2c1O. The van der Waals surface area contributed by atoms with Gasteiger partial charge in [-0.1, -0.05) is 0 Å². The second-order valence-corrected chi connectivity index (χ2v) is 3.04. The number of fused-ring (bicyclic) bond motifs is 1. The number of H-pyrrole nitrogens is 1. The number of phenolic OH excluding ortho intramolecular Hbond substituents is 1. The summed E-state index contributed by atoms with van der Waals surface area (Å²) >= 11 is 0. The van der Waals surface area contributed by atoms with Gasteiger partial charge in [-0.3, -0.25) is 0 Å². The van der Waals surface area contributed by atoms with Gasteiger partial charge in [-0.05, 0) is 12.1 Å². The average molecular weight is 208 g/mol. The Morgan fingerprint density at radius 3 is 2.87 bits per heavy atom. The summed E-state index contributed by atoms with van der Waals surface area (Å²) in [6.45, 7) is 0. The first-order valence-corrected chi connectivity index (χ1v) is 4.17. The fourth-order valence-electron chi connectivity index (χ4n) is 1.36. The molecule has 0 saturated heterocycles. The fourth-order valence-corrected chi connectivity index (χ4v) is 1.36. The molecule has 1 unspecified atom stereocenters. The second kappa shape index (κ2) is 3.25. The largest absolute Gasteiger partial charge is 0.505 e. The van der Waals surface area contributed by atoms with Gasteiger partial charge < -0.3 is 20.3 Å². The number of phenols is 1. The summed E-state index contributed by atoms with van der Waals surface area (Å²) in [4.78, 5) is 17.1. The number of aromatic amines is 1. The molecule has 0 amide bonds. The Labute approximate surface area is 83.8 Å². The van der Waals surface area contributed by atoms with Gasteiger partial charge in [0, 0.05) is 5.56 Å². The van der Waals surface area contributed by atoms with E-state index in [1.807, 2.05) is 0 Å². The van der Waals surface area contributed by atoms with E-state index in [2.05, 4.69) is 9.97 Å². The quantitative estimate of drug-likeness (QED) is 0.571. The number of imidazole rings is 1. The summed E-state index contributed by atoms with van der Waals surface area (Å²) in [5.74, 6) is -1.73. The molecular formula is C9H8N2O4. The Balaban J connectivity index is 2.62. The molecule has 0 aliphatic heterocycles. The molecule has 2 rings (SSSR count). The second-order valence-electron chi connectivity index (χ2n) is 3.04. The maximum atomic E-state index is 10.5. The van der Waals surface area contributed by atoms with Crippen molar-refractivity contribution in [2.75, 3.05) is 0 Å². The molecule has 6 nitrogen and oxygen atoms in total. The number of benzene rings is 1. The van der Waals surface area contributed by atoms with Crippen molar-refractivity contribution >= 4 is 17.0 Å². The van der Waals surface area contributed by atoms with E-state index >= 15 is 0 Å². The molecule has 6 heteroatoms. The predicted molar refractivity (Wildman–Crippen MR) is 50.4 cm³/mol. The molecule has 78 valence electrons. The molecule has 0 bridgehead atoms. The topological polar surface area (TPSA) is 106 Å². The van der Waals surface area contributed by atoms with E-state index in [9.17, 15) is 15.0 Å². The van der Waals surface area contributed by atoms with Crippen LogP contribution >= 0.6 is 0 Å². The number of aromatic nitrogens is 2. The van der Waals surface area contributed by atoms with Crippen LogP contribution in [0.15, 0.2) is 18.5 Å². The number of rotatable bonds is 2. The lowest BCUT2D eigenvalue weighted by molar-refractivity contribution is -0.147. The standard InChI is InChI=1S/C9H8N2O4/c12-7-4(8(13)9(14)15)1-2-5-6(7)11-3-10-5/h1-3,8,12-13H,(H,10,11)(H,14,15). The molecule has 1 aromatic heterocycles. The van der Waals surface area contributed by atoms with Gasteiger partial charge in [-0.2, -0.15) is 0 Å². The van der Waals surface area contributed by atoms with E-state index < -0.39 is 12.1 Å². The Hall–Kier alpha value is -2.08. The molecule has 0 radical (unpaired) electrons. The number of hydrogen-bond acceptors (Lipinski definition) is 4. The van der Waals surface area contributed by atoms with Gasteiger partial charge in [0.25, 0.3) is 0 Å². The van der Waals surface area contributed by atoms with Crippen molar-refractivity contribution in [1.82, 2.24) is 9.97 Å². The van der Waals surface area contributed by atoms with E-state index in [-0.39, 0.29) is 16.8 Å².